The quantitative estimate of drug-likeness (QED) is 0.416. The van der Waals surface area contributed by atoms with Crippen molar-refractivity contribution < 1.29 is 4.79 Å². The lowest BCUT2D eigenvalue weighted by Crippen LogP contribution is -2.41. The molecule has 0 aliphatic carbocycles. The third-order valence-corrected chi connectivity index (χ3v) is 6.37. The van der Waals surface area contributed by atoms with Gasteiger partial charge in [0.15, 0.2) is 5.69 Å². The number of benzene rings is 2. The molecule has 174 valence electrons. The number of nitrogens with one attached hydrogen (secondary N) is 1. The van der Waals surface area contributed by atoms with Gasteiger partial charge in [0, 0.05) is 28.6 Å². The molecule has 0 fully saturated rings. The SMILES string of the molecule is CCCCn1c(N)c(N(Cc2ccccc2)C(=O)CCSc2ccc(Cl)cc2)c(=O)[nH]c1=O. The summed E-state index contributed by atoms with van der Waals surface area (Å²) in [6.45, 7) is 2.53. The normalized spacial score (nSPS) is 10.8. The summed E-state index contributed by atoms with van der Waals surface area (Å²) >= 11 is 7.45. The molecule has 0 aliphatic heterocycles. The van der Waals surface area contributed by atoms with E-state index in [1.807, 2.05) is 49.4 Å². The number of nitrogens with two attached hydrogens (primary N) is 1. The summed E-state index contributed by atoms with van der Waals surface area (Å²) < 4.78 is 1.33. The van der Waals surface area contributed by atoms with Gasteiger partial charge < -0.3 is 10.6 Å². The average molecular weight is 487 g/mol. The summed E-state index contributed by atoms with van der Waals surface area (Å²) in [5, 5.41) is 0.650. The molecule has 2 aromatic carbocycles. The van der Waals surface area contributed by atoms with Crippen LogP contribution in [0.2, 0.25) is 5.02 Å². The number of nitrogens with zero attached hydrogens (tertiary/aromatic N) is 2. The predicted molar refractivity (Wildman–Crippen MR) is 135 cm³/mol. The van der Waals surface area contributed by atoms with Crippen LogP contribution in [0.1, 0.15) is 31.7 Å². The first-order valence-electron chi connectivity index (χ1n) is 10.8. The number of aromatic amines is 1. The molecule has 33 heavy (non-hydrogen) atoms. The van der Waals surface area contributed by atoms with E-state index in [-0.39, 0.29) is 30.4 Å². The Balaban J connectivity index is 1.89. The van der Waals surface area contributed by atoms with Crippen LogP contribution in [0, 0.1) is 0 Å². The first-order chi connectivity index (χ1) is 15.9. The molecule has 3 aromatic rings. The molecular weight excluding hydrogens is 460 g/mol. The number of amides is 1. The number of hydrogen-bond acceptors (Lipinski definition) is 5. The van der Waals surface area contributed by atoms with Gasteiger partial charge >= 0.3 is 5.69 Å². The van der Waals surface area contributed by atoms with Crippen LogP contribution in [0.3, 0.4) is 0 Å². The van der Waals surface area contributed by atoms with Gasteiger partial charge in [-0.25, -0.2) is 4.79 Å². The second-order valence-corrected chi connectivity index (χ2v) is 9.12. The van der Waals surface area contributed by atoms with Gasteiger partial charge in [-0.1, -0.05) is 55.3 Å². The zero-order valence-electron chi connectivity index (χ0n) is 18.4. The molecule has 0 unspecified atom stereocenters. The van der Waals surface area contributed by atoms with E-state index in [9.17, 15) is 14.4 Å². The number of H-pyrrole nitrogens is 1. The van der Waals surface area contributed by atoms with Gasteiger partial charge in [0.2, 0.25) is 5.91 Å². The van der Waals surface area contributed by atoms with Crippen LogP contribution in [-0.2, 0) is 17.9 Å². The smallest absolute Gasteiger partial charge is 0.330 e. The van der Waals surface area contributed by atoms with Crippen LogP contribution in [0.4, 0.5) is 11.5 Å². The van der Waals surface area contributed by atoms with Crippen molar-refractivity contribution in [1.82, 2.24) is 9.55 Å². The number of unbranched alkanes of at least 4 members (excludes halogenated alkanes) is 1. The van der Waals surface area contributed by atoms with Gasteiger partial charge in [-0.3, -0.25) is 19.1 Å². The Labute approximate surface area is 201 Å². The van der Waals surface area contributed by atoms with Gasteiger partial charge in [-0.2, -0.15) is 0 Å². The number of halogens is 1. The minimum atomic E-state index is -0.667. The van der Waals surface area contributed by atoms with E-state index in [1.54, 1.807) is 12.1 Å². The van der Waals surface area contributed by atoms with Crippen molar-refractivity contribution in [2.24, 2.45) is 0 Å². The van der Waals surface area contributed by atoms with E-state index in [4.69, 9.17) is 17.3 Å². The first kappa shape index (κ1) is 24.7. The van der Waals surface area contributed by atoms with Crippen molar-refractivity contribution in [2.75, 3.05) is 16.4 Å². The van der Waals surface area contributed by atoms with E-state index in [2.05, 4.69) is 4.98 Å². The molecule has 7 nitrogen and oxygen atoms in total. The Morgan fingerprint density at radius 3 is 2.48 bits per heavy atom. The minimum absolute atomic E-state index is 0.00633. The summed E-state index contributed by atoms with van der Waals surface area (Å²) in [5.41, 5.74) is 5.91. The van der Waals surface area contributed by atoms with E-state index in [0.29, 0.717) is 17.3 Å². The number of aromatic nitrogens is 2. The first-order valence-corrected chi connectivity index (χ1v) is 12.1. The van der Waals surface area contributed by atoms with Crippen molar-refractivity contribution in [3.8, 4) is 0 Å². The van der Waals surface area contributed by atoms with Gasteiger partial charge in [0.1, 0.15) is 5.82 Å². The lowest BCUT2D eigenvalue weighted by Gasteiger charge is -2.25. The van der Waals surface area contributed by atoms with Crippen molar-refractivity contribution in [1.29, 1.82) is 0 Å². The highest BCUT2D eigenvalue weighted by molar-refractivity contribution is 7.99. The second kappa shape index (κ2) is 11.8. The summed E-state index contributed by atoms with van der Waals surface area (Å²) in [6.07, 6.45) is 1.77. The predicted octanol–water partition coefficient (Wildman–Crippen LogP) is 4.29. The third-order valence-electron chi connectivity index (χ3n) is 5.10. The summed E-state index contributed by atoms with van der Waals surface area (Å²) in [7, 11) is 0. The fraction of sp³-hybridized carbons (Fsp3) is 0.292. The number of rotatable bonds is 10. The van der Waals surface area contributed by atoms with Crippen LogP contribution >= 0.6 is 23.4 Å². The summed E-state index contributed by atoms with van der Waals surface area (Å²) in [4.78, 5) is 43.1. The fourth-order valence-corrected chi connectivity index (χ4v) is 4.32. The minimum Gasteiger partial charge on any atom is -0.383 e. The molecule has 1 heterocycles. The topological polar surface area (TPSA) is 101 Å². The number of thioether (sulfide) groups is 1. The number of nitrogen functional groups attached to an aromatic ring is 1. The molecule has 0 bridgehead atoms. The summed E-state index contributed by atoms with van der Waals surface area (Å²) in [5.74, 6) is 0.268. The Morgan fingerprint density at radius 2 is 1.82 bits per heavy atom. The maximum Gasteiger partial charge on any atom is 0.330 e. The number of carbonyl (C=O) groups excluding carboxylic acids is 1. The largest absolute Gasteiger partial charge is 0.383 e. The molecule has 0 radical (unpaired) electrons. The highest BCUT2D eigenvalue weighted by Crippen LogP contribution is 2.24. The summed E-state index contributed by atoms with van der Waals surface area (Å²) in [6, 6.07) is 16.7. The van der Waals surface area contributed by atoms with Crippen molar-refractivity contribution in [3.63, 3.8) is 0 Å². The molecule has 0 spiro atoms. The lowest BCUT2D eigenvalue weighted by molar-refractivity contribution is -0.118. The number of anilines is 2. The van der Waals surface area contributed by atoms with Gasteiger partial charge in [0.05, 0.1) is 6.54 Å². The molecule has 1 amide bonds. The molecule has 3 N–H and O–H groups in total. The standard InChI is InChI=1S/C24H27ClN4O3S/c1-2-3-14-28-22(26)21(23(31)27-24(28)32)29(16-17-7-5-4-6-8-17)20(30)13-15-33-19-11-9-18(25)10-12-19/h4-12H,2-3,13-16,26H2,1H3,(H,27,31,32). The van der Waals surface area contributed by atoms with Crippen molar-refractivity contribution in [2.45, 2.75) is 44.2 Å². The maximum absolute atomic E-state index is 13.3. The average Bonchev–Trinajstić information content (AvgIpc) is 2.80. The van der Waals surface area contributed by atoms with Gasteiger partial charge in [0.25, 0.3) is 5.56 Å². The molecule has 0 saturated heterocycles. The maximum atomic E-state index is 13.3. The Kier molecular flexibility index (Phi) is 8.79. The zero-order chi connectivity index (χ0) is 23.8. The lowest BCUT2D eigenvalue weighted by atomic mass is 10.2. The van der Waals surface area contributed by atoms with Crippen molar-refractivity contribution >= 4 is 40.8 Å². The van der Waals surface area contributed by atoms with E-state index < -0.39 is 11.2 Å². The highest BCUT2D eigenvalue weighted by atomic mass is 35.5. The van der Waals surface area contributed by atoms with Gasteiger partial charge in [-0.15, -0.1) is 11.8 Å². The Hall–Kier alpha value is -2.97. The van der Waals surface area contributed by atoms with E-state index in [1.165, 1.54) is 21.2 Å². The zero-order valence-corrected chi connectivity index (χ0v) is 20.0. The van der Waals surface area contributed by atoms with E-state index in [0.717, 1.165) is 23.3 Å². The Bertz CT molecular complexity index is 1190. The molecule has 9 heteroatoms. The van der Waals surface area contributed by atoms with Crippen LogP contribution in [0.15, 0.2) is 69.1 Å². The number of hydrogen-bond donors (Lipinski definition) is 2. The van der Waals surface area contributed by atoms with Gasteiger partial charge in [-0.05, 0) is 36.2 Å². The van der Waals surface area contributed by atoms with Crippen LogP contribution in [0.5, 0.6) is 0 Å². The number of carbonyl (C=O) groups is 1. The molecular formula is C24H27ClN4O3S. The molecule has 0 aliphatic rings. The van der Waals surface area contributed by atoms with Crippen LogP contribution in [-0.4, -0.2) is 21.2 Å². The molecule has 0 saturated carbocycles. The molecule has 3 rings (SSSR count). The highest BCUT2D eigenvalue weighted by Gasteiger charge is 2.24. The monoisotopic (exact) mass is 486 g/mol. The fourth-order valence-electron chi connectivity index (χ4n) is 3.36. The third kappa shape index (κ3) is 6.52. The van der Waals surface area contributed by atoms with Crippen LogP contribution in [0.25, 0.3) is 0 Å². The van der Waals surface area contributed by atoms with Crippen LogP contribution < -0.4 is 21.9 Å². The second-order valence-electron chi connectivity index (χ2n) is 7.52. The Morgan fingerprint density at radius 1 is 1.12 bits per heavy atom. The molecule has 0 atom stereocenters. The van der Waals surface area contributed by atoms with E-state index >= 15 is 0 Å². The molecule has 1 aromatic heterocycles. The van der Waals surface area contributed by atoms with Crippen molar-refractivity contribution in [3.05, 3.63) is 86.0 Å².